The molecule has 3 heteroatoms. The molecule has 0 aliphatic carbocycles. The summed E-state index contributed by atoms with van der Waals surface area (Å²) in [5, 5.41) is 5.74. The van der Waals surface area contributed by atoms with Crippen LogP contribution in [0.5, 0.6) is 5.75 Å². The summed E-state index contributed by atoms with van der Waals surface area (Å²) < 4.78 is 11.3. The molecule has 0 radical (unpaired) electrons. The van der Waals surface area contributed by atoms with Crippen molar-refractivity contribution in [3.8, 4) is 5.75 Å². The molecule has 1 aliphatic heterocycles. The molecule has 2 unspecified atom stereocenters. The first-order valence-electron chi connectivity index (χ1n) is 7.65. The lowest BCUT2D eigenvalue weighted by Crippen LogP contribution is -2.30. The molecule has 1 saturated heterocycles. The van der Waals surface area contributed by atoms with Crippen LogP contribution in [0.2, 0.25) is 0 Å². The lowest BCUT2D eigenvalue weighted by Gasteiger charge is -2.32. The van der Waals surface area contributed by atoms with Gasteiger partial charge in [-0.25, -0.2) is 0 Å². The van der Waals surface area contributed by atoms with Gasteiger partial charge in [-0.3, -0.25) is 0 Å². The summed E-state index contributed by atoms with van der Waals surface area (Å²) in [5.74, 6) is 1.46. The molecule has 0 spiro atoms. The van der Waals surface area contributed by atoms with Crippen molar-refractivity contribution in [2.75, 3.05) is 27.3 Å². The number of fused-ring (bicyclic) bond motifs is 1. The predicted molar refractivity (Wildman–Crippen MR) is 85.8 cm³/mol. The molecule has 1 N–H and O–H groups in total. The maximum Gasteiger partial charge on any atom is 0.119 e. The van der Waals surface area contributed by atoms with Crippen LogP contribution in [0.25, 0.3) is 10.8 Å². The van der Waals surface area contributed by atoms with E-state index in [0.717, 1.165) is 25.3 Å². The van der Waals surface area contributed by atoms with Crippen molar-refractivity contribution < 1.29 is 9.47 Å². The van der Waals surface area contributed by atoms with E-state index < -0.39 is 0 Å². The number of hydrogen-bond donors (Lipinski definition) is 1. The van der Waals surface area contributed by atoms with E-state index in [2.05, 4.69) is 35.6 Å². The van der Waals surface area contributed by atoms with Crippen LogP contribution < -0.4 is 10.1 Å². The third kappa shape index (κ3) is 3.04. The first-order chi connectivity index (χ1) is 10.3. The van der Waals surface area contributed by atoms with Gasteiger partial charge in [-0.1, -0.05) is 18.2 Å². The van der Waals surface area contributed by atoms with E-state index in [1.807, 2.05) is 13.1 Å². The van der Waals surface area contributed by atoms with Crippen molar-refractivity contribution in [1.82, 2.24) is 5.32 Å². The molecule has 2 aromatic rings. The van der Waals surface area contributed by atoms with Crippen LogP contribution >= 0.6 is 0 Å². The van der Waals surface area contributed by atoms with Crippen molar-refractivity contribution in [2.45, 2.75) is 18.9 Å². The van der Waals surface area contributed by atoms with E-state index in [-0.39, 0.29) is 6.10 Å². The molecule has 1 aliphatic rings. The summed E-state index contributed by atoms with van der Waals surface area (Å²) in [7, 11) is 3.71. The Morgan fingerprint density at radius 1 is 1.19 bits per heavy atom. The molecular weight excluding hydrogens is 262 g/mol. The Labute approximate surface area is 126 Å². The molecule has 1 fully saturated rings. The lowest BCUT2D eigenvalue weighted by atomic mass is 9.88. The van der Waals surface area contributed by atoms with Gasteiger partial charge in [-0.15, -0.1) is 0 Å². The Morgan fingerprint density at radius 3 is 2.81 bits per heavy atom. The van der Waals surface area contributed by atoms with E-state index in [9.17, 15) is 0 Å². The highest BCUT2D eigenvalue weighted by molar-refractivity contribution is 5.84. The van der Waals surface area contributed by atoms with Gasteiger partial charge in [-0.2, -0.15) is 0 Å². The highest BCUT2D eigenvalue weighted by atomic mass is 16.5. The fourth-order valence-corrected chi connectivity index (χ4v) is 3.23. The van der Waals surface area contributed by atoms with Crippen LogP contribution in [0.4, 0.5) is 0 Å². The first kappa shape index (κ1) is 14.4. The number of benzene rings is 2. The number of rotatable bonds is 4. The van der Waals surface area contributed by atoms with Gasteiger partial charge in [0.1, 0.15) is 5.75 Å². The Bertz CT molecular complexity index is 609. The number of hydrogen-bond acceptors (Lipinski definition) is 3. The molecule has 0 aromatic heterocycles. The monoisotopic (exact) mass is 285 g/mol. The summed E-state index contributed by atoms with van der Waals surface area (Å²) >= 11 is 0. The minimum atomic E-state index is 0.206. The smallest absolute Gasteiger partial charge is 0.119 e. The Hall–Kier alpha value is -1.58. The molecule has 2 aromatic carbocycles. The van der Waals surface area contributed by atoms with Gasteiger partial charge in [0, 0.05) is 19.1 Å². The number of ether oxygens (including phenoxy) is 2. The predicted octanol–water partition coefficient (Wildman–Crippen LogP) is 3.54. The van der Waals surface area contributed by atoms with Crippen molar-refractivity contribution in [3.05, 3.63) is 42.0 Å². The Kier molecular flexibility index (Phi) is 4.42. The second kappa shape index (κ2) is 6.46. The zero-order chi connectivity index (χ0) is 14.7. The second-order valence-electron chi connectivity index (χ2n) is 5.72. The maximum atomic E-state index is 6.06. The molecule has 3 nitrogen and oxygen atoms in total. The van der Waals surface area contributed by atoms with Crippen LogP contribution in [-0.4, -0.2) is 27.3 Å². The molecule has 0 bridgehead atoms. The van der Waals surface area contributed by atoms with Crippen molar-refractivity contribution in [1.29, 1.82) is 0 Å². The van der Waals surface area contributed by atoms with Gasteiger partial charge in [0.05, 0.1) is 13.2 Å². The summed E-state index contributed by atoms with van der Waals surface area (Å²) in [6, 6.07) is 12.8. The average molecular weight is 285 g/mol. The topological polar surface area (TPSA) is 30.5 Å². The van der Waals surface area contributed by atoms with Gasteiger partial charge in [0.25, 0.3) is 0 Å². The van der Waals surface area contributed by atoms with Gasteiger partial charge >= 0.3 is 0 Å². The van der Waals surface area contributed by atoms with Gasteiger partial charge < -0.3 is 14.8 Å². The molecule has 2 atom stereocenters. The van der Waals surface area contributed by atoms with E-state index in [4.69, 9.17) is 9.47 Å². The third-order valence-electron chi connectivity index (χ3n) is 4.31. The minimum Gasteiger partial charge on any atom is -0.497 e. The molecule has 112 valence electrons. The van der Waals surface area contributed by atoms with Crippen molar-refractivity contribution >= 4 is 10.8 Å². The molecule has 3 rings (SSSR count). The van der Waals surface area contributed by atoms with Gasteiger partial charge in [-0.05, 0) is 54.4 Å². The van der Waals surface area contributed by atoms with E-state index in [1.165, 1.54) is 22.8 Å². The van der Waals surface area contributed by atoms with E-state index in [1.54, 1.807) is 7.11 Å². The van der Waals surface area contributed by atoms with Crippen LogP contribution in [0.15, 0.2) is 36.4 Å². The Balaban J connectivity index is 1.92. The standard InChI is InChI=1S/C18H23NO2/c1-19-12-16-4-3-9-21-18(16)15-6-5-14-11-17(20-2)8-7-13(14)10-15/h5-8,10-11,16,18-19H,3-4,9,12H2,1-2H3. The SMILES string of the molecule is CNCC1CCCOC1c1ccc2cc(OC)ccc2c1. The summed E-state index contributed by atoms with van der Waals surface area (Å²) in [6.07, 6.45) is 2.59. The van der Waals surface area contributed by atoms with E-state index >= 15 is 0 Å². The fourth-order valence-electron chi connectivity index (χ4n) is 3.23. The van der Waals surface area contributed by atoms with Crippen LogP contribution in [-0.2, 0) is 4.74 Å². The molecule has 0 saturated carbocycles. The number of methoxy groups -OCH3 is 1. The van der Waals surface area contributed by atoms with Gasteiger partial charge in [0.2, 0.25) is 0 Å². The average Bonchev–Trinajstić information content (AvgIpc) is 2.55. The molecule has 0 amide bonds. The molecule has 21 heavy (non-hydrogen) atoms. The third-order valence-corrected chi connectivity index (χ3v) is 4.31. The summed E-state index contributed by atoms with van der Waals surface area (Å²) in [4.78, 5) is 0. The zero-order valence-corrected chi connectivity index (χ0v) is 12.8. The lowest BCUT2D eigenvalue weighted by molar-refractivity contribution is -0.0271. The van der Waals surface area contributed by atoms with Crippen LogP contribution in [0, 0.1) is 5.92 Å². The van der Waals surface area contributed by atoms with Crippen molar-refractivity contribution in [2.24, 2.45) is 5.92 Å². The normalized spacial score (nSPS) is 22.4. The quantitative estimate of drug-likeness (QED) is 0.932. The highest BCUT2D eigenvalue weighted by Gasteiger charge is 2.26. The molecular formula is C18H23NO2. The Morgan fingerprint density at radius 2 is 2.00 bits per heavy atom. The maximum absolute atomic E-state index is 6.06. The second-order valence-corrected chi connectivity index (χ2v) is 5.72. The van der Waals surface area contributed by atoms with E-state index in [0.29, 0.717) is 5.92 Å². The molecule has 1 heterocycles. The largest absolute Gasteiger partial charge is 0.497 e. The minimum absolute atomic E-state index is 0.206. The summed E-state index contributed by atoms with van der Waals surface area (Å²) in [5.41, 5.74) is 1.28. The summed E-state index contributed by atoms with van der Waals surface area (Å²) in [6.45, 7) is 1.87. The van der Waals surface area contributed by atoms with Gasteiger partial charge in [0.15, 0.2) is 0 Å². The fraction of sp³-hybridized carbons (Fsp3) is 0.444. The van der Waals surface area contributed by atoms with Crippen molar-refractivity contribution in [3.63, 3.8) is 0 Å². The van der Waals surface area contributed by atoms with Crippen LogP contribution in [0.3, 0.4) is 0 Å². The highest BCUT2D eigenvalue weighted by Crippen LogP contribution is 2.35. The van der Waals surface area contributed by atoms with Crippen LogP contribution in [0.1, 0.15) is 24.5 Å². The zero-order valence-electron chi connectivity index (χ0n) is 12.8. The number of nitrogens with one attached hydrogen (secondary N) is 1. The first-order valence-corrected chi connectivity index (χ1v) is 7.65.